The summed E-state index contributed by atoms with van der Waals surface area (Å²) in [6, 6.07) is 1.44. The van der Waals surface area contributed by atoms with Crippen molar-refractivity contribution >= 4 is 59.1 Å². The molecule has 0 aliphatic carbocycles. The van der Waals surface area contributed by atoms with Crippen molar-refractivity contribution in [2.45, 2.75) is 43.9 Å². The maximum atomic E-state index is 6.20. The van der Waals surface area contributed by atoms with E-state index in [9.17, 15) is 0 Å². The van der Waals surface area contributed by atoms with Crippen LogP contribution in [-0.4, -0.2) is 30.1 Å². The van der Waals surface area contributed by atoms with Crippen LogP contribution < -0.4 is 4.74 Å². The van der Waals surface area contributed by atoms with Crippen molar-refractivity contribution < 1.29 is 4.74 Å². The molecule has 3 rings (SSSR count). The lowest BCUT2D eigenvalue weighted by Crippen LogP contribution is -2.43. The van der Waals surface area contributed by atoms with E-state index in [-0.39, 0.29) is 0 Å². The predicted molar refractivity (Wildman–Crippen MR) is 85.6 cm³/mol. The lowest BCUT2D eigenvalue weighted by molar-refractivity contribution is 0.0681. The topological polar surface area (TPSA) is 12.5 Å². The zero-order chi connectivity index (χ0) is 12.9. The molecule has 2 nitrogen and oxygen atoms in total. The van der Waals surface area contributed by atoms with Crippen LogP contribution in [0.2, 0.25) is 0 Å². The Bertz CT molecular complexity index is 450. The maximum absolute atomic E-state index is 6.20. The quantitative estimate of drug-likeness (QED) is 0.614. The molecular weight excluding hydrogens is 446 g/mol. The van der Waals surface area contributed by atoms with E-state index in [1.807, 2.05) is 0 Å². The van der Waals surface area contributed by atoms with Crippen molar-refractivity contribution in [3.05, 3.63) is 12.7 Å². The summed E-state index contributed by atoms with van der Waals surface area (Å²) < 4.78 is 9.37. The lowest BCUT2D eigenvalue weighted by Gasteiger charge is -2.36. The monoisotopic (exact) mass is 457 g/mol. The van der Waals surface area contributed by atoms with E-state index >= 15 is 0 Å². The number of hydrogen-bond donors (Lipinski definition) is 0. The molecule has 1 aromatic heterocycles. The Hall–Kier alpha value is 0.900. The van der Waals surface area contributed by atoms with Crippen LogP contribution in [-0.2, 0) is 0 Å². The number of rotatable bonds is 2. The minimum atomic E-state index is 0.368. The molecule has 2 saturated heterocycles. The number of nitrogens with zero attached hydrogens (tertiary/aromatic N) is 1. The van der Waals surface area contributed by atoms with Gasteiger partial charge in [-0.2, -0.15) is 0 Å². The number of piperidine rings is 1. The molecule has 0 spiro atoms. The molecule has 0 saturated carbocycles. The highest BCUT2D eigenvalue weighted by atomic mass is 79.9. The fourth-order valence-corrected chi connectivity index (χ4v) is 5.89. The normalized spacial score (nSPS) is 31.9. The molecular formula is C12H14Br3NOS. The molecule has 0 aromatic carbocycles. The Morgan fingerprint density at radius 1 is 1.11 bits per heavy atom. The van der Waals surface area contributed by atoms with Gasteiger partial charge in [0.2, 0.25) is 0 Å². The summed E-state index contributed by atoms with van der Waals surface area (Å²) in [7, 11) is 2.26. The second-order valence-corrected chi connectivity index (χ2v) is 8.94. The van der Waals surface area contributed by atoms with Crippen LogP contribution in [0.4, 0.5) is 0 Å². The maximum Gasteiger partial charge on any atom is 0.190 e. The van der Waals surface area contributed by atoms with E-state index in [1.54, 1.807) is 11.3 Å². The van der Waals surface area contributed by atoms with Gasteiger partial charge in [0.1, 0.15) is 6.10 Å². The molecule has 100 valence electrons. The van der Waals surface area contributed by atoms with Crippen molar-refractivity contribution in [1.29, 1.82) is 0 Å². The molecule has 0 amide bonds. The molecule has 18 heavy (non-hydrogen) atoms. The number of thiophene rings is 1. The lowest BCUT2D eigenvalue weighted by atomic mass is 10.0. The van der Waals surface area contributed by atoms with Crippen LogP contribution >= 0.6 is 59.1 Å². The Balaban J connectivity index is 1.72. The molecule has 2 aliphatic rings. The van der Waals surface area contributed by atoms with Crippen molar-refractivity contribution in [1.82, 2.24) is 4.90 Å². The van der Waals surface area contributed by atoms with Crippen molar-refractivity contribution in [2.24, 2.45) is 0 Å². The van der Waals surface area contributed by atoms with Crippen LogP contribution in [0.1, 0.15) is 25.7 Å². The Labute approximate surface area is 136 Å². The number of halogens is 3. The molecule has 3 heterocycles. The number of hydrogen-bond acceptors (Lipinski definition) is 3. The minimum Gasteiger partial charge on any atom is -0.480 e. The highest BCUT2D eigenvalue weighted by Gasteiger charge is 2.39. The van der Waals surface area contributed by atoms with Gasteiger partial charge in [-0.05, 0) is 80.5 Å². The summed E-state index contributed by atoms with van der Waals surface area (Å²) in [6.45, 7) is 0. The predicted octanol–water partition coefficient (Wildman–Crippen LogP) is 5.04. The van der Waals surface area contributed by atoms with Gasteiger partial charge < -0.3 is 9.64 Å². The Kier molecular flexibility index (Phi) is 4.12. The van der Waals surface area contributed by atoms with Gasteiger partial charge in [-0.1, -0.05) is 11.3 Å². The summed E-state index contributed by atoms with van der Waals surface area (Å²) in [5, 5.41) is 0.989. The van der Waals surface area contributed by atoms with Crippen LogP contribution in [0.25, 0.3) is 0 Å². The van der Waals surface area contributed by atoms with Gasteiger partial charge in [0.05, 0.1) is 12.7 Å². The van der Waals surface area contributed by atoms with E-state index in [1.165, 1.54) is 12.8 Å². The van der Waals surface area contributed by atoms with Gasteiger partial charge in [-0.3, -0.25) is 0 Å². The zero-order valence-electron chi connectivity index (χ0n) is 9.96. The molecule has 0 radical (unpaired) electrons. The molecule has 2 aliphatic heterocycles. The molecule has 2 bridgehead atoms. The second-order valence-electron chi connectivity index (χ2n) is 5.05. The number of ether oxygens (including phenoxy) is 1. The summed E-state index contributed by atoms with van der Waals surface area (Å²) in [5.74, 6) is 0. The summed E-state index contributed by atoms with van der Waals surface area (Å²) >= 11 is 12.3. The SMILES string of the molecule is CN1[C@@H]2CC[C@H]1CC(Oc1sc(Br)c(Br)c1Br)C2. The first-order valence-electron chi connectivity index (χ1n) is 6.08. The highest BCUT2D eigenvalue weighted by Crippen LogP contribution is 2.47. The summed E-state index contributed by atoms with van der Waals surface area (Å²) in [6.07, 6.45) is 5.35. The van der Waals surface area contributed by atoms with Crippen molar-refractivity contribution in [2.75, 3.05) is 7.05 Å². The molecule has 6 heteroatoms. The van der Waals surface area contributed by atoms with E-state index in [0.717, 1.165) is 42.7 Å². The molecule has 2 fully saturated rings. The first kappa shape index (κ1) is 13.9. The molecule has 0 N–H and O–H groups in total. The largest absolute Gasteiger partial charge is 0.480 e. The van der Waals surface area contributed by atoms with Crippen LogP contribution in [0.3, 0.4) is 0 Å². The van der Waals surface area contributed by atoms with Crippen LogP contribution in [0.15, 0.2) is 12.7 Å². The average Bonchev–Trinajstić information content (AvgIpc) is 2.71. The Morgan fingerprint density at radius 2 is 1.72 bits per heavy atom. The Morgan fingerprint density at radius 3 is 2.22 bits per heavy atom. The third kappa shape index (κ3) is 2.43. The molecule has 1 unspecified atom stereocenters. The summed E-state index contributed by atoms with van der Waals surface area (Å²) in [4.78, 5) is 2.54. The van der Waals surface area contributed by atoms with Crippen molar-refractivity contribution in [3.63, 3.8) is 0 Å². The third-order valence-corrected chi connectivity index (χ3v) is 8.95. The zero-order valence-corrected chi connectivity index (χ0v) is 15.5. The van der Waals surface area contributed by atoms with Crippen LogP contribution in [0.5, 0.6) is 5.06 Å². The summed E-state index contributed by atoms with van der Waals surface area (Å²) in [5.41, 5.74) is 0. The van der Waals surface area contributed by atoms with Gasteiger partial charge in [0, 0.05) is 12.1 Å². The van der Waals surface area contributed by atoms with E-state index in [2.05, 4.69) is 59.7 Å². The standard InChI is InChI=1S/C12H14Br3NOS/c1-16-6-2-3-7(16)5-8(4-6)17-12-10(14)9(13)11(15)18-12/h6-8H,2-5H2,1H3/t6-,7+,8?. The third-order valence-electron chi connectivity index (χ3n) is 4.06. The van der Waals surface area contributed by atoms with E-state index in [4.69, 9.17) is 4.74 Å². The van der Waals surface area contributed by atoms with Gasteiger partial charge in [-0.15, -0.1) is 0 Å². The minimum absolute atomic E-state index is 0.368. The fraction of sp³-hybridized carbons (Fsp3) is 0.667. The number of fused-ring (bicyclic) bond motifs is 2. The highest BCUT2D eigenvalue weighted by molar-refractivity contribution is 9.14. The first-order chi connectivity index (χ1) is 8.56. The van der Waals surface area contributed by atoms with Gasteiger partial charge in [-0.25, -0.2) is 0 Å². The molecule has 3 atom stereocenters. The van der Waals surface area contributed by atoms with E-state index < -0.39 is 0 Å². The van der Waals surface area contributed by atoms with E-state index in [0.29, 0.717) is 6.10 Å². The van der Waals surface area contributed by atoms with Crippen LogP contribution in [0, 0.1) is 0 Å². The van der Waals surface area contributed by atoms with Gasteiger partial charge in [0.15, 0.2) is 5.06 Å². The van der Waals surface area contributed by atoms with Crippen molar-refractivity contribution in [3.8, 4) is 5.06 Å². The smallest absolute Gasteiger partial charge is 0.190 e. The molecule has 1 aromatic rings. The fourth-order valence-electron chi connectivity index (χ4n) is 3.03. The second kappa shape index (κ2) is 5.35. The van der Waals surface area contributed by atoms with Gasteiger partial charge >= 0.3 is 0 Å². The first-order valence-corrected chi connectivity index (χ1v) is 9.27. The van der Waals surface area contributed by atoms with Gasteiger partial charge in [0.25, 0.3) is 0 Å². The average molecular weight is 460 g/mol.